The van der Waals surface area contributed by atoms with Crippen molar-refractivity contribution in [2.24, 2.45) is 5.92 Å². The average Bonchev–Trinajstić information content (AvgIpc) is 2.80. The maximum absolute atomic E-state index is 9.42. The Kier molecular flexibility index (Phi) is 6.35. The molecule has 0 saturated carbocycles. The van der Waals surface area contributed by atoms with Crippen LogP contribution in [-0.4, -0.2) is 40.8 Å². The van der Waals surface area contributed by atoms with Gasteiger partial charge in [-0.3, -0.25) is 4.90 Å². The summed E-state index contributed by atoms with van der Waals surface area (Å²) in [6, 6.07) is 2.73. The Morgan fingerprint density at radius 1 is 1.13 bits per heavy atom. The maximum atomic E-state index is 9.42. The highest BCUT2D eigenvalue weighted by Gasteiger charge is 2.23. The third kappa shape index (κ3) is 4.42. The second-order valence-electron chi connectivity index (χ2n) is 6.89. The van der Waals surface area contributed by atoms with E-state index in [1.807, 2.05) is 13.8 Å². The van der Waals surface area contributed by atoms with Crippen LogP contribution in [0, 0.1) is 31.1 Å². The number of hydrogen-bond donors (Lipinski definition) is 1. The zero-order valence-corrected chi connectivity index (χ0v) is 14.9. The summed E-state index contributed by atoms with van der Waals surface area (Å²) in [5, 5.41) is 21.2. The van der Waals surface area contributed by atoms with E-state index in [1.54, 1.807) is 0 Å². The molecule has 2 heterocycles. The second-order valence-corrected chi connectivity index (χ2v) is 6.89. The van der Waals surface area contributed by atoms with Gasteiger partial charge in [0.15, 0.2) is 5.82 Å². The van der Waals surface area contributed by atoms with Gasteiger partial charge in [0.1, 0.15) is 11.6 Å². The molecule has 1 N–H and O–H groups in total. The molecular formula is C18H29N5. The Hall–Kier alpha value is -1.67. The van der Waals surface area contributed by atoms with Crippen LogP contribution in [0.2, 0.25) is 0 Å². The zero-order valence-electron chi connectivity index (χ0n) is 14.9. The minimum absolute atomic E-state index is 0.461. The summed E-state index contributed by atoms with van der Waals surface area (Å²) in [6.07, 6.45) is 5.26. The number of likely N-dealkylation sites (tertiary alicyclic amines) is 1. The maximum Gasteiger partial charge on any atom is 0.166 e. The predicted molar refractivity (Wildman–Crippen MR) is 93.4 cm³/mol. The normalized spacial score (nSPS) is 17.6. The fourth-order valence-corrected chi connectivity index (χ4v) is 3.28. The second kappa shape index (κ2) is 8.26. The predicted octanol–water partition coefficient (Wildman–Crippen LogP) is 3.28. The number of rotatable bonds is 5. The van der Waals surface area contributed by atoms with Gasteiger partial charge in [0, 0.05) is 12.6 Å². The average molecular weight is 315 g/mol. The Labute approximate surface area is 140 Å². The van der Waals surface area contributed by atoms with Crippen molar-refractivity contribution < 1.29 is 0 Å². The number of aromatic nitrogens is 2. The summed E-state index contributed by atoms with van der Waals surface area (Å²) in [7, 11) is 0. The Morgan fingerprint density at radius 2 is 1.78 bits per heavy atom. The van der Waals surface area contributed by atoms with Crippen molar-refractivity contribution in [1.29, 1.82) is 5.26 Å². The molecule has 126 valence electrons. The number of nitrogens with one attached hydrogen (secondary N) is 1. The van der Waals surface area contributed by atoms with Crippen molar-refractivity contribution >= 4 is 5.82 Å². The highest BCUT2D eigenvalue weighted by molar-refractivity contribution is 5.55. The van der Waals surface area contributed by atoms with Crippen molar-refractivity contribution in [3.63, 3.8) is 0 Å². The Morgan fingerprint density at radius 3 is 2.35 bits per heavy atom. The van der Waals surface area contributed by atoms with Gasteiger partial charge in [0.25, 0.3) is 0 Å². The number of nitriles is 1. The summed E-state index contributed by atoms with van der Waals surface area (Å²) in [5.74, 6) is 1.18. The lowest BCUT2D eigenvalue weighted by Crippen LogP contribution is -2.44. The summed E-state index contributed by atoms with van der Waals surface area (Å²) < 4.78 is 0. The third-order valence-electron chi connectivity index (χ3n) is 4.92. The quantitative estimate of drug-likeness (QED) is 0.903. The molecule has 5 heteroatoms. The van der Waals surface area contributed by atoms with Crippen molar-refractivity contribution in [1.82, 2.24) is 15.1 Å². The van der Waals surface area contributed by atoms with Crippen molar-refractivity contribution in [3.8, 4) is 6.07 Å². The number of hydrogen-bond acceptors (Lipinski definition) is 5. The summed E-state index contributed by atoms with van der Waals surface area (Å²) >= 11 is 0. The van der Waals surface area contributed by atoms with Crippen molar-refractivity contribution in [2.45, 2.75) is 59.4 Å². The smallest absolute Gasteiger partial charge is 0.166 e. The van der Waals surface area contributed by atoms with Crippen LogP contribution in [0.3, 0.4) is 0 Å². The summed E-state index contributed by atoms with van der Waals surface area (Å²) in [6.45, 7) is 11.5. The van der Waals surface area contributed by atoms with Crippen molar-refractivity contribution in [3.05, 3.63) is 16.8 Å². The lowest BCUT2D eigenvalue weighted by molar-refractivity contribution is 0.169. The number of anilines is 1. The SMILES string of the molecule is Cc1nnc(NCC(C(C)C)N2CCCCCC2)c(C#N)c1C. The molecule has 1 saturated heterocycles. The lowest BCUT2D eigenvalue weighted by Gasteiger charge is -2.34. The van der Waals surface area contributed by atoms with Gasteiger partial charge >= 0.3 is 0 Å². The van der Waals surface area contributed by atoms with E-state index in [2.05, 4.69) is 40.3 Å². The van der Waals surface area contributed by atoms with Crippen LogP contribution >= 0.6 is 0 Å². The van der Waals surface area contributed by atoms with E-state index < -0.39 is 0 Å². The third-order valence-corrected chi connectivity index (χ3v) is 4.92. The van der Waals surface area contributed by atoms with Crippen LogP contribution in [0.4, 0.5) is 5.82 Å². The Bertz CT molecular complexity index is 553. The highest BCUT2D eigenvalue weighted by atomic mass is 15.2. The molecule has 1 fully saturated rings. The molecular weight excluding hydrogens is 286 g/mol. The van der Waals surface area contributed by atoms with Crippen LogP contribution in [0.5, 0.6) is 0 Å². The summed E-state index contributed by atoms with van der Waals surface area (Å²) in [5.41, 5.74) is 2.36. The molecule has 1 aromatic rings. The minimum Gasteiger partial charge on any atom is -0.366 e. The molecule has 5 nitrogen and oxygen atoms in total. The zero-order chi connectivity index (χ0) is 16.8. The number of aryl methyl sites for hydroxylation is 1. The molecule has 1 aliphatic heterocycles. The van der Waals surface area contributed by atoms with E-state index in [-0.39, 0.29) is 0 Å². The highest BCUT2D eigenvalue weighted by Crippen LogP contribution is 2.20. The van der Waals surface area contributed by atoms with Crippen LogP contribution < -0.4 is 5.32 Å². The van der Waals surface area contributed by atoms with E-state index in [0.717, 1.165) is 17.8 Å². The van der Waals surface area contributed by atoms with Gasteiger partial charge in [0.05, 0.1) is 5.69 Å². The molecule has 2 rings (SSSR count). The molecule has 1 aliphatic rings. The first kappa shape index (κ1) is 17.7. The molecule has 0 aromatic carbocycles. The van der Waals surface area contributed by atoms with Gasteiger partial charge in [-0.25, -0.2) is 0 Å². The minimum atomic E-state index is 0.461. The van der Waals surface area contributed by atoms with Gasteiger partial charge in [-0.15, -0.1) is 5.10 Å². The molecule has 0 radical (unpaired) electrons. The molecule has 0 amide bonds. The molecule has 0 bridgehead atoms. The molecule has 1 aromatic heterocycles. The van der Waals surface area contributed by atoms with E-state index in [0.29, 0.717) is 23.3 Å². The largest absolute Gasteiger partial charge is 0.366 e. The van der Waals surface area contributed by atoms with Gasteiger partial charge in [-0.2, -0.15) is 10.4 Å². The molecule has 23 heavy (non-hydrogen) atoms. The number of nitrogens with zero attached hydrogens (tertiary/aromatic N) is 4. The fourth-order valence-electron chi connectivity index (χ4n) is 3.28. The standard InChI is InChI=1S/C18H29N5/c1-13(2)17(23-9-7-5-6-8-10-23)12-20-18-16(11-19)14(3)15(4)21-22-18/h13,17H,5-10,12H2,1-4H3,(H,20,22). The molecule has 1 unspecified atom stereocenters. The van der Waals surface area contributed by atoms with Crippen molar-refractivity contribution in [2.75, 3.05) is 25.0 Å². The first-order chi connectivity index (χ1) is 11.0. The fraction of sp³-hybridized carbons (Fsp3) is 0.722. The van der Waals surface area contributed by atoms with Gasteiger partial charge in [-0.05, 0) is 51.3 Å². The van der Waals surface area contributed by atoms with E-state index in [4.69, 9.17) is 0 Å². The summed E-state index contributed by atoms with van der Waals surface area (Å²) in [4.78, 5) is 2.60. The van der Waals surface area contributed by atoms with Crippen LogP contribution in [0.1, 0.15) is 56.4 Å². The van der Waals surface area contributed by atoms with E-state index in [1.165, 1.54) is 38.8 Å². The first-order valence-corrected chi connectivity index (χ1v) is 8.76. The molecule has 0 spiro atoms. The van der Waals surface area contributed by atoms with Gasteiger partial charge in [0.2, 0.25) is 0 Å². The monoisotopic (exact) mass is 315 g/mol. The Balaban J connectivity index is 2.10. The topological polar surface area (TPSA) is 64.8 Å². The van der Waals surface area contributed by atoms with Crippen LogP contribution in [-0.2, 0) is 0 Å². The van der Waals surface area contributed by atoms with E-state index in [9.17, 15) is 5.26 Å². The van der Waals surface area contributed by atoms with Crippen LogP contribution in [0.25, 0.3) is 0 Å². The molecule has 1 atom stereocenters. The first-order valence-electron chi connectivity index (χ1n) is 8.76. The van der Waals surface area contributed by atoms with Gasteiger partial charge in [-0.1, -0.05) is 26.7 Å². The van der Waals surface area contributed by atoms with Gasteiger partial charge < -0.3 is 5.32 Å². The van der Waals surface area contributed by atoms with Crippen LogP contribution in [0.15, 0.2) is 0 Å². The lowest BCUT2D eigenvalue weighted by atomic mass is 10.0. The van der Waals surface area contributed by atoms with E-state index >= 15 is 0 Å². The molecule has 0 aliphatic carbocycles.